The molecule has 0 fully saturated rings. The Morgan fingerprint density at radius 1 is 0.864 bits per heavy atom. The van der Waals surface area contributed by atoms with Crippen LogP contribution in [-0.2, 0) is 15.5 Å². The van der Waals surface area contributed by atoms with Crippen molar-refractivity contribution in [3.05, 3.63) is 29.8 Å². The van der Waals surface area contributed by atoms with Crippen molar-refractivity contribution in [3.8, 4) is 0 Å². The van der Waals surface area contributed by atoms with Crippen LogP contribution in [0.4, 0.5) is 0 Å². The van der Waals surface area contributed by atoms with Gasteiger partial charge in [0.05, 0.1) is 4.90 Å². The standard InChI is InChI=1S/C18H29ClO2S/c1-2-3-4-5-6-7-8-9-10-11-13-17-14-12-15-18(16-17)22(19,20)21/h12,14-16H,2-11,13H2,1H3. The lowest BCUT2D eigenvalue weighted by molar-refractivity contribution is 0.556. The van der Waals surface area contributed by atoms with Gasteiger partial charge in [0.25, 0.3) is 9.05 Å². The van der Waals surface area contributed by atoms with Gasteiger partial charge in [0, 0.05) is 10.7 Å². The minimum absolute atomic E-state index is 0.207. The molecular formula is C18H29ClO2S. The van der Waals surface area contributed by atoms with Crippen molar-refractivity contribution in [2.45, 2.75) is 82.4 Å². The molecule has 4 heteroatoms. The maximum absolute atomic E-state index is 11.3. The average molecular weight is 345 g/mol. The average Bonchev–Trinajstić information content (AvgIpc) is 2.49. The van der Waals surface area contributed by atoms with Gasteiger partial charge in [0.2, 0.25) is 0 Å². The topological polar surface area (TPSA) is 34.1 Å². The molecule has 0 radical (unpaired) electrons. The lowest BCUT2D eigenvalue weighted by atomic mass is 10.0. The number of halogens is 1. The van der Waals surface area contributed by atoms with Crippen LogP contribution >= 0.6 is 10.7 Å². The van der Waals surface area contributed by atoms with E-state index in [2.05, 4.69) is 6.92 Å². The summed E-state index contributed by atoms with van der Waals surface area (Å²) in [5.41, 5.74) is 1.06. The van der Waals surface area contributed by atoms with Gasteiger partial charge >= 0.3 is 0 Å². The van der Waals surface area contributed by atoms with Gasteiger partial charge in [-0.05, 0) is 30.5 Å². The van der Waals surface area contributed by atoms with Gasteiger partial charge < -0.3 is 0 Å². The lowest BCUT2D eigenvalue weighted by Crippen LogP contribution is -1.93. The summed E-state index contributed by atoms with van der Waals surface area (Å²) in [6.45, 7) is 2.25. The molecule has 0 heterocycles. The number of hydrogen-bond donors (Lipinski definition) is 0. The Balaban J connectivity index is 2.10. The van der Waals surface area contributed by atoms with Crippen LogP contribution in [0.1, 0.15) is 76.7 Å². The summed E-state index contributed by atoms with van der Waals surface area (Å²) < 4.78 is 22.6. The molecule has 0 bridgehead atoms. The molecule has 0 saturated carbocycles. The molecule has 0 amide bonds. The Morgan fingerprint density at radius 3 is 1.95 bits per heavy atom. The van der Waals surface area contributed by atoms with Crippen LogP contribution in [0.15, 0.2) is 29.2 Å². The molecule has 1 aromatic rings. The van der Waals surface area contributed by atoms with Crippen LogP contribution in [-0.4, -0.2) is 8.42 Å². The Hall–Kier alpha value is -0.540. The highest BCUT2D eigenvalue weighted by Crippen LogP contribution is 2.18. The molecule has 0 N–H and O–H groups in total. The zero-order valence-electron chi connectivity index (χ0n) is 13.7. The van der Waals surface area contributed by atoms with Crippen molar-refractivity contribution in [1.82, 2.24) is 0 Å². The summed E-state index contributed by atoms with van der Waals surface area (Å²) in [4.78, 5) is 0.207. The summed E-state index contributed by atoms with van der Waals surface area (Å²) in [5, 5.41) is 0. The molecule has 0 aliphatic rings. The van der Waals surface area contributed by atoms with Gasteiger partial charge in [-0.3, -0.25) is 0 Å². The third-order valence-corrected chi connectivity index (χ3v) is 5.35. The highest BCUT2D eigenvalue weighted by Gasteiger charge is 2.09. The van der Waals surface area contributed by atoms with Gasteiger partial charge in [-0.2, -0.15) is 0 Å². The van der Waals surface area contributed by atoms with E-state index in [0.29, 0.717) is 0 Å². The van der Waals surface area contributed by atoms with E-state index in [4.69, 9.17) is 10.7 Å². The molecular weight excluding hydrogens is 316 g/mol. The fourth-order valence-corrected chi connectivity index (χ4v) is 3.49. The minimum atomic E-state index is -3.61. The smallest absolute Gasteiger partial charge is 0.207 e. The van der Waals surface area contributed by atoms with Gasteiger partial charge in [-0.15, -0.1) is 0 Å². The third-order valence-electron chi connectivity index (χ3n) is 4.00. The molecule has 1 aromatic carbocycles. The van der Waals surface area contributed by atoms with Crippen LogP contribution < -0.4 is 0 Å². The van der Waals surface area contributed by atoms with Crippen molar-refractivity contribution in [3.63, 3.8) is 0 Å². The second-order valence-electron chi connectivity index (χ2n) is 6.02. The zero-order valence-corrected chi connectivity index (χ0v) is 15.3. The van der Waals surface area contributed by atoms with E-state index < -0.39 is 9.05 Å². The maximum Gasteiger partial charge on any atom is 0.261 e. The first-order chi connectivity index (χ1) is 10.5. The first-order valence-electron chi connectivity index (χ1n) is 8.57. The van der Waals surface area contributed by atoms with E-state index in [0.717, 1.165) is 18.4 Å². The fourth-order valence-electron chi connectivity index (χ4n) is 2.67. The fraction of sp³-hybridized carbons (Fsp3) is 0.667. The molecule has 0 spiro atoms. The summed E-state index contributed by atoms with van der Waals surface area (Å²) in [5.74, 6) is 0. The van der Waals surface area contributed by atoms with Crippen molar-refractivity contribution in [1.29, 1.82) is 0 Å². The molecule has 1 rings (SSSR count). The summed E-state index contributed by atoms with van der Waals surface area (Å²) in [6, 6.07) is 6.97. The molecule has 0 unspecified atom stereocenters. The summed E-state index contributed by atoms with van der Waals surface area (Å²) in [7, 11) is 1.76. The van der Waals surface area contributed by atoms with E-state index in [1.54, 1.807) is 18.2 Å². The number of aryl methyl sites for hydroxylation is 1. The first kappa shape index (κ1) is 19.5. The monoisotopic (exact) mass is 344 g/mol. The normalized spacial score (nSPS) is 11.7. The highest BCUT2D eigenvalue weighted by molar-refractivity contribution is 8.13. The predicted molar refractivity (Wildman–Crippen MR) is 95.0 cm³/mol. The van der Waals surface area contributed by atoms with E-state index in [9.17, 15) is 8.42 Å². The van der Waals surface area contributed by atoms with Crippen LogP contribution in [0, 0.1) is 0 Å². The molecule has 0 saturated heterocycles. The Labute approximate surface area is 140 Å². The van der Waals surface area contributed by atoms with Crippen molar-refractivity contribution < 1.29 is 8.42 Å². The van der Waals surface area contributed by atoms with E-state index >= 15 is 0 Å². The predicted octanol–water partition coefficient (Wildman–Crippen LogP) is 6.08. The van der Waals surface area contributed by atoms with Crippen molar-refractivity contribution in [2.24, 2.45) is 0 Å². The van der Waals surface area contributed by atoms with Crippen molar-refractivity contribution in [2.75, 3.05) is 0 Å². The molecule has 22 heavy (non-hydrogen) atoms. The molecule has 2 nitrogen and oxygen atoms in total. The summed E-state index contributed by atoms with van der Waals surface area (Å²) in [6.07, 6.45) is 14.0. The van der Waals surface area contributed by atoms with Crippen LogP contribution in [0.5, 0.6) is 0 Å². The minimum Gasteiger partial charge on any atom is -0.207 e. The number of hydrogen-bond acceptors (Lipinski definition) is 2. The Bertz CT molecular complexity index is 512. The third kappa shape index (κ3) is 8.79. The maximum atomic E-state index is 11.3. The molecule has 0 aliphatic heterocycles. The molecule has 126 valence electrons. The lowest BCUT2D eigenvalue weighted by Gasteiger charge is -2.04. The van der Waals surface area contributed by atoms with Gasteiger partial charge in [0.15, 0.2) is 0 Å². The Kier molecular flexibility index (Phi) is 9.81. The van der Waals surface area contributed by atoms with Gasteiger partial charge in [-0.1, -0.05) is 76.8 Å². The van der Waals surface area contributed by atoms with E-state index in [-0.39, 0.29) is 4.90 Å². The number of rotatable bonds is 12. The first-order valence-corrected chi connectivity index (χ1v) is 10.9. The Morgan fingerprint density at radius 2 is 1.41 bits per heavy atom. The number of benzene rings is 1. The van der Waals surface area contributed by atoms with E-state index in [1.165, 1.54) is 57.8 Å². The van der Waals surface area contributed by atoms with Crippen LogP contribution in [0.2, 0.25) is 0 Å². The van der Waals surface area contributed by atoms with Crippen LogP contribution in [0.25, 0.3) is 0 Å². The van der Waals surface area contributed by atoms with Gasteiger partial charge in [-0.25, -0.2) is 8.42 Å². The second kappa shape index (κ2) is 11.1. The quantitative estimate of drug-likeness (QED) is 0.340. The van der Waals surface area contributed by atoms with Crippen molar-refractivity contribution >= 4 is 19.7 Å². The van der Waals surface area contributed by atoms with Gasteiger partial charge in [0.1, 0.15) is 0 Å². The molecule has 0 aliphatic carbocycles. The largest absolute Gasteiger partial charge is 0.261 e. The SMILES string of the molecule is CCCCCCCCCCCCc1cccc(S(=O)(=O)Cl)c1. The van der Waals surface area contributed by atoms with Crippen LogP contribution in [0.3, 0.4) is 0 Å². The second-order valence-corrected chi connectivity index (χ2v) is 8.58. The molecule has 0 aromatic heterocycles. The highest BCUT2D eigenvalue weighted by atomic mass is 35.7. The molecule has 0 atom stereocenters. The number of unbranched alkanes of at least 4 members (excludes halogenated alkanes) is 9. The summed E-state index contributed by atoms with van der Waals surface area (Å²) >= 11 is 0. The zero-order chi connectivity index (χ0) is 16.3. The van der Waals surface area contributed by atoms with E-state index in [1.807, 2.05) is 6.07 Å².